The highest BCUT2D eigenvalue weighted by atomic mass is 16.5. The highest BCUT2D eigenvalue weighted by Crippen LogP contribution is 2.22. The van der Waals surface area contributed by atoms with Crippen LogP contribution in [0.1, 0.15) is 61.3 Å². The van der Waals surface area contributed by atoms with Crippen molar-refractivity contribution >= 4 is 0 Å². The van der Waals surface area contributed by atoms with Crippen LogP contribution < -0.4 is 0 Å². The first-order valence-corrected chi connectivity index (χ1v) is 8.31. The molecular weight excluding hydrogens is 278 g/mol. The van der Waals surface area contributed by atoms with Crippen LogP contribution in [0.4, 0.5) is 0 Å². The Morgan fingerprint density at radius 2 is 2.05 bits per heavy atom. The van der Waals surface area contributed by atoms with Gasteiger partial charge < -0.3 is 4.52 Å². The van der Waals surface area contributed by atoms with Gasteiger partial charge in [0.25, 0.3) is 0 Å². The summed E-state index contributed by atoms with van der Waals surface area (Å²) in [4.78, 5) is 6.61. The van der Waals surface area contributed by atoms with Gasteiger partial charge in [-0.25, -0.2) is 0 Å². The van der Waals surface area contributed by atoms with E-state index in [9.17, 15) is 0 Å². The van der Waals surface area contributed by atoms with E-state index in [-0.39, 0.29) is 0 Å². The van der Waals surface area contributed by atoms with Gasteiger partial charge in [-0.15, -0.1) is 0 Å². The minimum absolute atomic E-state index is 0.665. The zero-order chi connectivity index (χ0) is 15.4. The first kappa shape index (κ1) is 15.2. The molecule has 0 atom stereocenters. The molecule has 0 saturated heterocycles. The van der Waals surface area contributed by atoms with Gasteiger partial charge in [0, 0.05) is 18.7 Å². The van der Waals surface area contributed by atoms with Gasteiger partial charge in [-0.05, 0) is 44.7 Å². The standard InChI is InChI=1S/C16H25N5O/c1-3-7-15-17-16(22-20-15)11-21(2)10-14-12-8-5-4-6-9-13(12)18-19-14/h3-11H2,1-2H3,(H,18,19). The number of nitrogens with zero attached hydrogens (tertiary/aromatic N) is 4. The Kier molecular flexibility index (Phi) is 4.87. The molecule has 0 amide bonds. The van der Waals surface area contributed by atoms with Crippen molar-refractivity contribution in [2.45, 2.75) is 65.0 Å². The van der Waals surface area contributed by atoms with Gasteiger partial charge in [-0.2, -0.15) is 10.1 Å². The summed E-state index contributed by atoms with van der Waals surface area (Å²) >= 11 is 0. The molecule has 2 heterocycles. The van der Waals surface area contributed by atoms with Gasteiger partial charge in [0.05, 0.1) is 12.2 Å². The monoisotopic (exact) mass is 303 g/mol. The van der Waals surface area contributed by atoms with Crippen LogP contribution in [-0.2, 0) is 32.4 Å². The Morgan fingerprint density at radius 1 is 1.18 bits per heavy atom. The molecule has 0 unspecified atom stereocenters. The van der Waals surface area contributed by atoms with Crippen LogP contribution in [-0.4, -0.2) is 32.3 Å². The molecule has 0 aliphatic heterocycles. The van der Waals surface area contributed by atoms with Crippen molar-refractivity contribution in [1.82, 2.24) is 25.2 Å². The molecule has 1 aliphatic rings. The van der Waals surface area contributed by atoms with Crippen molar-refractivity contribution in [3.05, 3.63) is 28.7 Å². The Morgan fingerprint density at radius 3 is 2.91 bits per heavy atom. The van der Waals surface area contributed by atoms with Gasteiger partial charge >= 0.3 is 0 Å². The summed E-state index contributed by atoms with van der Waals surface area (Å²) in [6, 6.07) is 0. The maximum Gasteiger partial charge on any atom is 0.240 e. The van der Waals surface area contributed by atoms with Gasteiger partial charge in [0.2, 0.25) is 5.89 Å². The molecular formula is C16H25N5O. The minimum Gasteiger partial charge on any atom is -0.338 e. The molecule has 0 radical (unpaired) electrons. The maximum absolute atomic E-state index is 5.31. The second kappa shape index (κ2) is 7.05. The van der Waals surface area contributed by atoms with Crippen molar-refractivity contribution < 1.29 is 4.52 Å². The first-order valence-electron chi connectivity index (χ1n) is 8.31. The van der Waals surface area contributed by atoms with Crippen molar-refractivity contribution in [3.8, 4) is 0 Å². The van der Waals surface area contributed by atoms with E-state index in [2.05, 4.69) is 39.2 Å². The molecule has 120 valence electrons. The van der Waals surface area contributed by atoms with Gasteiger partial charge in [0.1, 0.15) is 0 Å². The molecule has 6 heteroatoms. The Balaban J connectivity index is 1.61. The van der Waals surface area contributed by atoms with Crippen LogP contribution in [0.2, 0.25) is 0 Å². The van der Waals surface area contributed by atoms with Crippen molar-refractivity contribution in [2.75, 3.05) is 7.05 Å². The molecule has 0 spiro atoms. The topological polar surface area (TPSA) is 70.8 Å². The van der Waals surface area contributed by atoms with E-state index in [4.69, 9.17) is 4.52 Å². The fourth-order valence-electron chi connectivity index (χ4n) is 3.08. The fraction of sp³-hybridized carbons (Fsp3) is 0.688. The molecule has 22 heavy (non-hydrogen) atoms. The number of aromatic nitrogens is 4. The number of rotatable bonds is 6. The van der Waals surface area contributed by atoms with Crippen LogP contribution in [0, 0.1) is 0 Å². The number of nitrogens with one attached hydrogen (secondary N) is 1. The SMILES string of the molecule is CCCc1noc(CN(C)Cc2n[nH]c3c2CCCCC3)n1. The van der Waals surface area contributed by atoms with E-state index < -0.39 is 0 Å². The fourth-order valence-corrected chi connectivity index (χ4v) is 3.08. The summed E-state index contributed by atoms with van der Waals surface area (Å²) in [5.41, 5.74) is 3.94. The molecule has 2 aromatic rings. The lowest BCUT2D eigenvalue weighted by atomic mass is 10.1. The van der Waals surface area contributed by atoms with Crippen molar-refractivity contribution in [1.29, 1.82) is 0 Å². The molecule has 0 saturated carbocycles. The van der Waals surface area contributed by atoms with E-state index in [1.165, 1.54) is 36.2 Å². The summed E-state index contributed by atoms with van der Waals surface area (Å²) in [6.45, 7) is 3.60. The lowest BCUT2D eigenvalue weighted by Gasteiger charge is -2.13. The summed E-state index contributed by atoms with van der Waals surface area (Å²) in [6.07, 6.45) is 8.06. The number of aromatic amines is 1. The predicted octanol–water partition coefficient (Wildman–Crippen LogP) is 2.65. The third-order valence-corrected chi connectivity index (χ3v) is 4.20. The molecule has 2 aromatic heterocycles. The molecule has 3 rings (SSSR count). The Hall–Kier alpha value is -1.69. The van der Waals surface area contributed by atoms with E-state index >= 15 is 0 Å². The molecule has 1 aliphatic carbocycles. The smallest absolute Gasteiger partial charge is 0.240 e. The number of hydrogen-bond donors (Lipinski definition) is 1. The molecule has 6 nitrogen and oxygen atoms in total. The largest absolute Gasteiger partial charge is 0.338 e. The van der Waals surface area contributed by atoms with Gasteiger partial charge in [0.15, 0.2) is 5.82 Å². The molecule has 0 fully saturated rings. The average molecular weight is 303 g/mol. The lowest BCUT2D eigenvalue weighted by Crippen LogP contribution is -2.18. The van der Waals surface area contributed by atoms with Gasteiger partial charge in [-0.3, -0.25) is 10.00 Å². The van der Waals surface area contributed by atoms with Gasteiger partial charge in [-0.1, -0.05) is 18.5 Å². The zero-order valence-corrected chi connectivity index (χ0v) is 13.6. The lowest BCUT2D eigenvalue weighted by molar-refractivity contribution is 0.257. The summed E-state index contributed by atoms with van der Waals surface area (Å²) in [5.74, 6) is 1.49. The molecule has 0 aromatic carbocycles. The van der Waals surface area contributed by atoms with Crippen LogP contribution >= 0.6 is 0 Å². The summed E-state index contributed by atoms with van der Waals surface area (Å²) < 4.78 is 5.31. The number of hydrogen-bond acceptors (Lipinski definition) is 5. The average Bonchev–Trinajstić information content (AvgIpc) is 3.00. The second-order valence-corrected chi connectivity index (χ2v) is 6.21. The maximum atomic E-state index is 5.31. The molecule has 1 N–H and O–H groups in total. The number of aryl methyl sites for hydroxylation is 2. The summed E-state index contributed by atoms with van der Waals surface area (Å²) in [7, 11) is 2.07. The van der Waals surface area contributed by atoms with E-state index in [0.717, 1.165) is 38.1 Å². The third kappa shape index (κ3) is 3.55. The first-order chi connectivity index (χ1) is 10.8. The minimum atomic E-state index is 0.665. The van der Waals surface area contributed by atoms with Crippen molar-refractivity contribution in [2.24, 2.45) is 0 Å². The quantitative estimate of drug-likeness (QED) is 0.831. The van der Waals surface area contributed by atoms with Crippen LogP contribution in [0.3, 0.4) is 0 Å². The molecule has 0 bridgehead atoms. The Bertz CT molecular complexity index is 603. The zero-order valence-electron chi connectivity index (χ0n) is 13.6. The van der Waals surface area contributed by atoms with E-state index in [1.54, 1.807) is 0 Å². The van der Waals surface area contributed by atoms with Crippen LogP contribution in [0.25, 0.3) is 0 Å². The van der Waals surface area contributed by atoms with Crippen LogP contribution in [0.15, 0.2) is 4.52 Å². The van der Waals surface area contributed by atoms with E-state index in [0.29, 0.717) is 12.4 Å². The second-order valence-electron chi connectivity index (χ2n) is 6.21. The summed E-state index contributed by atoms with van der Waals surface area (Å²) in [5, 5.41) is 11.8. The van der Waals surface area contributed by atoms with Crippen molar-refractivity contribution in [3.63, 3.8) is 0 Å². The number of fused-ring (bicyclic) bond motifs is 1. The number of H-pyrrole nitrogens is 1. The normalized spacial score (nSPS) is 15.0. The Labute approximate surface area is 131 Å². The predicted molar refractivity (Wildman–Crippen MR) is 83.3 cm³/mol. The highest BCUT2D eigenvalue weighted by Gasteiger charge is 2.17. The van der Waals surface area contributed by atoms with Crippen LogP contribution in [0.5, 0.6) is 0 Å². The van der Waals surface area contributed by atoms with E-state index in [1.807, 2.05) is 0 Å². The highest BCUT2D eigenvalue weighted by molar-refractivity contribution is 5.26. The third-order valence-electron chi connectivity index (χ3n) is 4.20.